The molecule has 1 rings (SSSR count). The lowest BCUT2D eigenvalue weighted by Crippen LogP contribution is -2.40. The van der Waals surface area contributed by atoms with Crippen LogP contribution in [0.4, 0.5) is 0 Å². The largest absolute Gasteiger partial charge is 0.396 e. The molecule has 1 unspecified atom stereocenters. The molecule has 0 aromatic carbocycles. The van der Waals surface area contributed by atoms with Gasteiger partial charge in [0.2, 0.25) is 0 Å². The molecule has 0 amide bonds. The monoisotopic (exact) mass is 160 g/mol. The SMILES string of the molecule is O=[N+]([O-])N1CCCC(CO)C1. The van der Waals surface area contributed by atoms with Gasteiger partial charge in [-0.15, -0.1) is 5.01 Å². The fraction of sp³-hybridized carbons (Fsp3) is 1.00. The Hall–Kier alpha value is -0.840. The van der Waals surface area contributed by atoms with Crippen LogP contribution in [0.1, 0.15) is 12.8 Å². The topological polar surface area (TPSA) is 66.6 Å². The van der Waals surface area contributed by atoms with Crippen molar-refractivity contribution in [2.24, 2.45) is 5.92 Å². The molecule has 11 heavy (non-hydrogen) atoms. The van der Waals surface area contributed by atoms with E-state index in [1.54, 1.807) is 0 Å². The van der Waals surface area contributed by atoms with Gasteiger partial charge in [0.15, 0.2) is 5.03 Å². The normalized spacial score (nSPS) is 25.2. The minimum atomic E-state index is -0.387. The first-order chi connectivity index (χ1) is 5.24. The molecule has 0 aromatic rings. The summed E-state index contributed by atoms with van der Waals surface area (Å²) in [6.07, 6.45) is 1.72. The van der Waals surface area contributed by atoms with Crippen LogP contribution in [0, 0.1) is 16.0 Å². The fourth-order valence-electron chi connectivity index (χ4n) is 1.34. The predicted molar refractivity (Wildman–Crippen MR) is 38.4 cm³/mol. The van der Waals surface area contributed by atoms with Gasteiger partial charge in [0.25, 0.3) is 0 Å². The highest BCUT2D eigenvalue weighted by molar-refractivity contribution is 4.66. The van der Waals surface area contributed by atoms with Crippen LogP contribution in [0.3, 0.4) is 0 Å². The summed E-state index contributed by atoms with van der Waals surface area (Å²) < 4.78 is 0. The molecule has 1 saturated heterocycles. The zero-order valence-electron chi connectivity index (χ0n) is 6.27. The van der Waals surface area contributed by atoms with E-state index in [1.807, 2.05) is 0 Å². The molecule has 1 aliphatic rings. The van der Waals surface area contributed by atoms with Gasteiger partial charge in [-0.05, 0) is 12.8 Å². The van der Waals surface area contributed by atoms with Crippen LogP contribution >= 0.6 is 0 Å². The average Bonchev–Trinajstić information content (AvgIpc) is 2.05. The third-order valence-electron chi connectivity index (χ3n) is 1.99. The molecular formula is C6H12N2O3. The second kappa shape index (κ2) is 3.52. The summed E-state index contributed by atoms with van der Waals surface area (Å²) in [6.45, 7) is 0.970. The van der Waals surface area contributed by atoms with E-state index < -0.39 is 0 Å². The van der Waals surface area contributed by atoms with Gasteiger partial charge >= 0.3 is 0 Å². The molecule has 1 atom stereocenters. The van der Waals surface area contributed by atoms with E-state index in [2.05, 4.69) is 0 Å². The molecule has 5 heteroatoms. The third-order valence-corrected chi connectivity index (χ3v) is 1.99. The van der Waals surface area contributed by atoms with Crippen LogP contribution in [0.5, 0.6) is 0 Å². The van der Waals surface area contributed by atoms with Crippen molar-refractivity contribution in [3.05, 3.63) is 10.1 Å². The minimum absolute atomic E-state index is 0.0599. The molecule has 0 aromatic heterocycles. The molecular weight excluding hydrogens is 148 g/mol. The van der Waals surface area contributed by atoms with Crippen LogP contribution in [0.25, 0.3) is 0 Å². The summed E-state index contributed by atoms with van der Waals surface area (Å²) in [4.78, 5) is 10.3. The van der Waals surface area contributed by atoms with Crippen molar-refractivity contribution in [3.63, 3.8) is 0 Å². The molecule has 1 N–H and O–H groups in total. The molecule has 0 spiro atoms. The minimum Gasteiger partial charge on any atom is -0.396 e. The van der Waals surface area contributed by atoms with E-state index in [-0.39, 0.29) is 17.6 Å². The van der Waals surface area contributed by atoms with Crippen molar-refractivity contribution in [2.75, 3.05) is 19.7 Å². The van der Waals surface area contributed by atoms with Crippen molar-refractivity contribution < 1.29 is 10.1 Å². The molecule has 0 saturated carbocycles. The van der Waals surface area contributed by atoms with Gasteiger partial charge in [0, 0.05) is 12.5 Å². The second-order valence-electron chi connectivity index (χ2n) is 2.84. The lowest BCUT2D eigenvalue weighted by molar-refractivity contribution is -0.659. The lowest BCUT2D eigenvalue weighted by atomic mass is 10.0. The van der Waals surface area contributed by atoms with E-state index in [4.69, 9.17) is 5.11 Å². The van der Waals surface area contributed by atoms with Crippen LogP contribution in [-0.4, -0.2) is 34.8 Å². The second-order valence-corrected chi connectivity index (χ2v) is 2.84. The molecule has 0 aliphatic carbocycles. The molecule has 64 valence electrons. The number of hydrazine groups is 1. The number of nitro groups is 1. The first-order valence-electron chi connectivity index (χ1n) is 3.74. The van der Waals surface area contributed by atoms with Crippen LogP contribution in [0.15, 0.2) is 0 Å². The Morgan fingerprint density at radius 1 is 1.73 bits per heavy atom. The number of piperidine rings is 1. The molecule has 0 bridgehead atoms. The summed E-state index contributed by atoms with van der Waals surface area (Å²) in [5, 5.41) is 19.8. The number of hydrogen-bond donors (Lipinski definition) is 1. The van der Waals surface area contributed by atoms with E-state index in [0.717, 1.165) is 12.8 Å². The predicted octanol–water partition coefficient (Wildman–Crippen LogP) is -0.118. The fourth-order valence-corrected chi connectivity index (χ4v) is 1.34. The smallest absolute Gasteiger partial charge is 0.160 e. The summed E-state index contributed by atoms with van der Waals surface area (Å²) in [7, 11) is 0. The zero-order valence-corrected chi connectivity index (χ0v) is 6.27. The van der Waals surface area contributed by atoms with Crippen molar-refractivity contribution in [2.45, 2.75) is 12.8 Å². The summed E-state index contributed by atoms with van der Waals surface area (Å²) in [5.41, 5.74) is 0. The Labute approximate surface area is 64.7 Å². The molecule has 0 radical (unpaired) electrons. The highest BCUT2D eigenvalue weighted by atomic mass is 16.7. The molecule has 1 fully saturated rings. The van der Waals surface area contributed by atoms with E-state index in [0.29, 0.717) is 13.1 Å². The van der Waals surface area contributed by atoms with Crippen LogP contribution < -0.4 is 0 Å². The van der Waals surface area contributed by atoms with Gasteiger partial charge in [-0.1, -0.05) is 0 Å². The van der Waals surface area contributed by atoms with Gasteiger partial charge in [0.1, 0.15) is 0 Å². The van der Waals surface area contributed by atoms with E-state index in [1.165, 1.54) is 5.01 Å². The maximum atomic E-state index is 10.3. The molecule has 1 heterocycles. The van der Waals surface area contributed by atoms with Gasteiger partial charge in [-0.2, -0.15) is 0 Å². The maximum Gasteiger partial charge on any atom is 0.160 e. The van der Waals surface area contributed by atoms with E-state index >= 15 is 0 Å². The Balaban J connectivity index is 2.39. The van der Waals surface area contributed by atoms with Crippen LogP contribution in [0.2, 0.25) is 0 Å². The number of aliphatic hydroxyl groups excluding tert-OH is 1. The number of hydrogen-bond acceptors (Lipinski definition) is 3. The first-order valence-corrected chi connectivity index (χ1v) is 3.74. The Morgan fingerprint density at radius 2 is 2.45 bits per heavy atom. The molecule has 1 aliphatic heterocycles. The van der Waals surface area contributed by atoms with Crippen molar-refractivity contribution >= 4 is 0 Å². The summed E-state index contributed by atoms with van der Waals surface area (Å²) in [6, 6.07) is 0. The van der Waals surface area contributed by atoms with E-state index in [9.17, 15) is 10.1 Å². The third kappa shape index (κ3) is 2.04. The van der Waals surface area contributed by atoms with Gasteiger partial charge in [0.05, 0.1) is 13.1 Å². The average molecular weight is 160 g/mol. The number of rotatable bonds is 2. The highest BCUT2D eigenvalue weighted by Crippen LogP contribution is 2.14. The quantitative estimate of drug-likeness (QED) is 0.452. The molecule has 5 nitrogen and oxygen atoms in total. The standard InChI is InChI=1S/C6H12N2O3/c9-5-6-2-1-3-7(4-6)8(10)11/h6,9H,1-5H2. The van der Waals surface area contributed by atoms with Crippen molar-refractivity contribution in [3.8, 4) is 0 Å². The Morgan fingerprint density at radius 3 is 3.00 bits per heavy atom. The first kappa shape index (κ1) is 8.26. The lowest BCUT2D eigenvalue weighted by Gasteiger charge is -2.24. The summed E-state index contributed by atoms with van der Waals surface area (Å²) in [5.74, 6) is 0.0918. The van der Waals surface area contributed by atoms with Gasteiger partial charge < -0.3 is 5.11 Å². The maximum absolute atomic E-state index is 10.3. The number of nitrogens with zero attached hydrogens (tertiary/aromatic N) is 2. The van der Waals surface area contributed by atoms with Crippen molar-refractivity contribution in [1.29, 1.82) is 0 Å². The highest BCUT2D eigenvalue weighted by Gasteiger charge is 2.24. The Bertz CT molecular complexity index is 151. The van der Waals surface area contributed by atoms with Gasteiger partial charge in [-0.3, -0.25) is 0 Å². The van der Waals surface area contributed by atoms with Gasteiger partial charge in [-0.25, -0.2) is 10.1 Å². The summed E-state index contributed by atoms with van der Waals surface area (Å²) >= 11 is 0. The van der Waals surface area contributed by atoms with Crippen molar-refractivity contribution in [1.82, 2.24) is 5.01 Å². The number of aliphatic hydroxyl groups is 1. The Kier molecular flexibility index (Phi) is 2.64. The van der Waals surface area contributed by atoms with Crippen LogP contribution in [-0.2, 0) is 0 Å². The zero-order chi connectivity index (χ0) is 8.27.